The fourth-order valence-corrected chi connectivity index (χ4v) is 4.54. The molecule has 1 aromatic heterocycles. The molecule has 4 heteroatoms. The number of hydrogen-bond acceptors (Lipinski definition) is 4. The Morgan fingerprint density at radius 3 is 2.71 bits per heavy atom. The largest absolute Gasteiger partial charge is 0.490 e. The lowest BCUT2D eigenvalue weighted by Gasteiger charge is -2.23. The van der Waals surface area contributed by atoms with Gasteiger partial charge in [0.05, 0.1) is 24.4 Å². The van der Waals surface area contributed by atoms with E-state index in [2.05, 4.69) is 60.8 Å². The topological polar surface area (TPSA) is 43.4 Å². The number of hydrogen-bond donors (Lipinski definition) is 1. The highest BCUT2D eigenvalue weighted by Crippen LogP contribution is 2.38. The number of nitrogens with one attached hydrogen (secondary N) is 1. The van der Waals surface area contributed by atoms with Crippen molar-refractivity contribution in [2.24, 2.45) is 0 Å². The molecule has 4 nitrogen and oxygen atoms in total. The first-order valence-corrected chi connectivity index (χ1v) is 11.2. The Kier molecular flexibility index (Phi) is 5.47. The van der Waals surface area contributed by atoms with Crippen molar-refractivity contribution in [1.82, 2.24) is 10.3 Å². The van der Waals surface area contributed by atoms with E-state index in [1.54, 1.807) is 0 Å². The van der Waals surface area contributed by atoms with E-state index < -0.39 is 0 Å². The average Bonchev–Trinajstić information content (AvgIpc) is 2.82. The smallest absolute Gasteiger partial charge is 0.161 e. The molecule has 0 atom stereocenters. The van der Waals surface area contributed by atoms with E-state index in [1.165, 1.54) is 27.3 Å². The molecule has 5 rings (SSSR count). The van der Waals surface area contributed by atoms with Gasteiger partial charge in [-0.3, -0.25) is 0 Å². The molecule has 158 valence electrons. The van der Waals surface area contributed by atoms with Crippen molar-refractivity contribution in [3.05, 3.63) is 65.7 Å². The highest BCUT2D eigenvalue weighted by Gasteiger charge is 2.21. The van der Waals surface area contributed by atoms with Crippen molar-refractivity contribution in [2.75, 3.05) is 19.8 Å². The minimum absolute atomic E-state index is 0.600. The van der Waals surface area contributed by atoms with Crippen LogP contribution in [-0.2, 0) is 13.0 Å². The maximum atomic E-state index is 5.92. The fourth-order valence-electron chi connectivity index (χ4n) is 4.54. The molecule has 4 aromatic rings. The van der Waals surface area contributed by atoms with Gasteiger partial charge < -0.3 is 14.8 Å². The van der Waals surface area contributed by atoms with E-state index in [9.17, 15) is 0 Å². The van der Waals surface area contributed by atoms with Gasteiger partial charge >= 0.3 is 0 Å². The summed E-state index contributed by atoms with van der Waals surface area (Å²) in [5.41, 5.74) is 5.87. The average molecular weight is 413 g/mol. The van der Waals surface area contributed by atoms with Crippen molar-refractivity contribution in [3.8, 4) is 22.8 Å². The van der Waals surface area contributed by atoms with Crippen LogP contribution in [-0.4, -0.2) is 24.7 Å². The van der Waals surface area contributed by atoms with Gasteiger partial charge in [0.25, 0.3) is 0 Å². The maximum Gasteiger partial charge on any atom is 0.161 e. The van der Waals surface area contributed by atoms with Crippen LogP contribution in [0.1, 0.15) is 31.4 Å². The monoisotopic (exact) mass is 412 g/mol. The van der Waals surface area contributed by atoms with Gasteiger partial charge in [0.15, 0.2) is 11.5 Å². The van der Waals surface area contributed by atoms with Crippen molar-refractivity contribution in [1.29, 1.82) is 0 Å². The zero-order valence-corrected chi connectivity index (χ0v) is 18.2. The van der Waals surface area contributed by atoms with Crippen LogP contribution < -0.4 is 14.8 Å². The molecule has 0 unspecified atom stereocenters. The Morgan fingerprint density at radius 2 is 1.84 bits per heavy atom. The van der Waals surface area contributed by atoms with Gasteiger partial charge in [0.2, 0.25) is 0 Å². The second kappa shape index (κ2) is 8.56. The lowest BCUT2D eigenvalue weighted by molar-refractivity contribution is 0.277. The summed E-state index contributed by atoms with van der Waals surface area (Å²) < 4.78 is 11.8. The van der Waals surface area contributed by atoms with Crippen LogP contribution >= 0.6 is 0 Å². The van der Waals surface area contributed by atoms with Gasteiger partial charge in [0.1, 0.15) is 0 Å². The van der Waals surface area contributed by atoms with Crippen molar-refractivity contribution < 1.29 is 9.47 Å². The van der Waals surface area contributed by atoms with Gasteiger partial charge in [-0.25, -0.2) is 4.98 Å². The van der Waals surface area contributed by atoms with E-state index in [0.717, 1.165) is 54.2 Å². The highest BCUT2D eigenvalue weighted by atomic mass is 16.5. The van der Waals surface area contributed by atoms with E-state index in [4.69, 9.17) is 14.5 Å². The normalized spacial score (nSPS) is 13.4. The van der Waals surface area contributed by atoms with E-state index in [0.29, 0.717) is 13.2 Å². The Labute approximate surface area is 183 Å². The molecule has 1 aliphatic rings. The van der Waals surface area contributed by atoms with Crippen LogP contribution in [0.25, 0.3) is 32.9 Å². The van der Waals surface area contributed by atoms with Crippen LogP contribution in [0.15, 0.2) is 54.6 Å². The SMILES string of the molecule is CCCOc1ccc(-c2nc3ccc4ccccc4c3c3c2CNCC3)cc1OCC. The molecule has 1 N–H and O–H groups in total. The molecule has 2 heterocycles. The predicted octanol–water partition coefficient (Wildman–Crippen LogP) is 5.89. The minimum atomic E-state index is 0.600. The van der Waals surface area contributed by atoms with Crippen molar-refractivity contribution in [3.63, 3.8) is 0 Å². The summed E-state index contributed by atoms with van der Waals surface area (Å²) in [4.78, 5) is 5.17. The second-order valence-electron chi connectivity index (χ2n) is 7.97. The summed E-state index contributed by atoms with van der Waals surface area (Å²) in [6, 6.07) is 19.2. The third kappa shape index (κ3) is 3.61. The quantitative estimate of drug-likeness (QED) is 0.401. The number of rotatable bonds is 6. The molecule has 0 spiro atoms. The molecule has 0 saturated heterocycles. The van der Waals surface area contributed by atoms with Gasteiger partial charge in [-0.2, -0.15) is 0 Å². The third-order valence-electron chi connectivity index (χ3n) is 5.92. The Morgan fingerprint density at radius 1 is 0.935 bits per heavy atom. The first-order valence-electron chi connectivity index (χ1n) is 11.2. The van der Waals surface area contributed by atoms with Gasteiger partial charge in [-0.15, -0.1) is 0 Å². The van der Waals surface area contributed by atoms with Gasteiger partial charge in [0, 0.05) is 17.5 Å². The summed E-state index contributed by atoms with van der Waals surface area (Å²) in [6.07, 6.45) is 1.97. The minimum Gasteiger partial charge on any atom is -0.490 e. The Bertz CT molecular complexity index is 1250. The lowest BCUT2D eigenvalue weighted by Crippen LogP contribution is -2.25. The number of fused-ring (bicyclic) bond motifs is 5. The first kappa shape index (κ1) is 19.8. The van der Waals surface area contributed by atoms with Crippen LogP contribution in [0.5, 0.6) is 11.5 Å². The van der Waals surface area contributed by atoms with Crippen LogP contribution in [0.3, 0.4) is 0 Å². The van der Waals surface area contributed by atoms with Gasteiger partial charge in [-0.1, -0.05) is 37.3 Å². The first-order chi connectivity index (χ1) is 15.3. The molecule has 1 aliphatic heterocycles. The maximum absolute atomic E-state index is 5.92. The highest BCUT2D eigenvalue weighted by molar-refractivity contribution is 6.09. The van der Waals surface area contributed by atoms with E-state index in [1.807, 2.05) is 13.0 Å². The summed E-state index contributed by atoms with van der Waals surface area (Å²) in [7, 11) is 0. The number of benzene rings is 3. The molecule has 3 aromatic carbocycles. The summed E-state index contributed by atoms with van der Waals surface area (Å²) >= 11 is 0. The molecule has 0 aliphatic carbocycles. The molecule has 0 radical (unpaired) electrons. The summed E-state index contributed by atoms with van der Waals surface area (Å²) in [6.45, 7) is 7.21. The molecule has 0 amide bonds. The number of nitrogens with zero attached hydrogens (tertiary/aromatic N) is 1. The molecule has 0 fully saturated rings. The van der Waals surface area contributed by atoms with Crippen LogP contribution in [0.2, 0.25) is 0 Å². The molecule has 0 saturated carbocycles. The fraction of sp³-hybridized carbons (Fsp3) is 0.296. The second-order valence-corrected chi connectivity index (χ2v) is 7.97. The van der Waals surface area contributed by atoms with E-state index in [-0.39, 0.29) is 0 Å². The predicted molar refractivity (Wildman–Crippen MR) is 127 cm³/mol. The summed E-state index contributed by atoms with van der Waals surface area (Å²) in [5.74, 6) is 1.58. The zero-order valence-electron chi connectivity index (χ0n) is 18.2. The Balaban J connectivity index is 1.72. The number of pyridine rings is 1. The van der Waals surface area contributed by atoms with Crippen LogP contribution in [0, 0.1) is 0 Å². The molecular weight excluding hydrogens is 384 g/mol. The molecule has 0 bridgehead atoms. The number of aromatic nitrogens is 1. The van der Waals surface area contributed by atoms with E-state index >= 15 is 0 Å². The van der Waals surface area contributed by atoms with Gasteiger partial charge in [-0.05, 0) is 72.5 Å². The zero-order chi connectivity index (χ0) is 21.2. The third-order valence-corrected chi connectivity index (χ3v) is 5.92. The molecular formula is C27H28N2O2. The lowest BCUT2D eigenvalue weighted by atomic mass is 9.90. The number of ether oxygens (including phenoxy) is 2. The summed E-state index contributed by atoms with van der Waals surface area (Å²) in [5, 5.41) is 7.40. The molecule has 31 heavy (non-hydrogen) atoms. The van der Waals surface area contributed by atoms with Crippen molar-refractivity contribution >= 4 is 21.7 Å². The Hall–Kier alpha value is -3.11. The standard InChI is InChI=1S/C27H28N2O2/c1-3-15-31-24-12-10-19(16-25(24)30-4-2)27-22-17-28-14-13-21(22)26-20-8-6-5-7-18(20)9-11-23(26)29-27/h5-12,16,28H,3-4,13-15,17H2,1-2H3. The van der Waals surface area contributed by atoms with Crippen molar-refractivity contribution in [2.45, 2.75) is 33.2 Å². The van der Waals surface area contributed by atoms with Crippen LogP contribution in [0.4, 0.5) is 0 Å².